The Morgan fingerprint density at radius 2 is 1.96 bits per heavy atom. The van der Waals surface area contributed by atoms with Crippen LogP contribution in [0.4, 0.5) is 4.39 Å². The van der Waals surface area contributed by atoms with Gasteiger partial charge in [-0.05, 0) is 48.7 Å². The number of hydrogen-bond acceptors (Lipinski definition) is 1. The molecule has 0 atom stereocenters. The molecule has 4 heteroatoms. The molecule has 1 N–H and O–H groups in total. The topological polar surface area (TPSA) is 34.0 Å². The van der Waals surface area contributed by atoms with E-state index in [9.17, 15) is 9.18 Å². The lowest BCUT2D eigenvalue weighted by Gasteiger charge is -2.07. The molecule has 1 aromatic heterocycles. The minimum atomic E-state index is -0.254. The normalized spacial score (nSPS) is 11.0. The Labute approximate surface area is 141 Å². The average molecular weight is 324 g/mol. The number of aryl methyl sites for hydroxylation is 3. The quantitative estimate of drug-likeness (QED) is 0.759. The van der Waals surface area contributed by atoms with Crippen LogP contribution < -0.4 is 5.32 Å². The van der Waals surface area contributed by atoms with E-state index in [0.717, 1.165) is 5.56 Å². The van der Waals surface area contributed by atoms with Gasteiger partial charge in [-0.15, -0.1) is 0 Å². The van der Waals surface area contributed by atoms with E-state index in [1.807, 2.05) is 13.1 Å². The van der Waals surface area contributed by atoms with Gasteiger partial charge >= 0.3 is 0 Å². The van der Waals surface area contributed by atoms with Crippen molar-refractivity contribution >= 4 is 16.8 Å². The third-order valence-electron chi connectivity index (χ3n) is 4.42. The highest BCUT2D eigenvalue weighted by molar-refractivity contribution is 5.82. The van der Waals surface area contributed by atoms with Gasteiger partial charge in [-0.1, -0.05) is 24.3 Å². The van der Waals surface area contributed by atoms with Crippen molar-refractivity contribution in [2.24, 2.45) is 7.05 Å². The third kappa shape index (κ3) is 3.48. The van der Waals surface area contributed by atoms with Gasteiger partial charge in [-0.2, -0.15) is 0 Å². The summed E-state index contributed by atoms with van der Waals surface area (Å²) in [5, 5.41) is 4.08. The van der Waals surface area contributed by atoms with Crippen molar-refractivity contribution < 1.29 is 9.18 Å². The SMILES string of the molecule is Cc1cc2cc(CNC(=O)CCc3ccccc3F)ccc2n1C. The standard InChI is InChI=1S/C20H21FN2O/c1-14-11-17-12-15(7-9-19(17)23(14)2)13-22-20(24)10-8-16-5-3-4-6-18(16)21/h3-7,9,11-12H,8,10,13H2,1-2H3,(H,22,24). The molecule has 1 amide bonds. The van der Waals surface area contributed by atoms with Crippen molar-refractivity contribution in [1.82, 2.24) is 9.88 Å². The minimum absolute atomic E-state index is 0.0670. The second kappa shape index (κ2) is 6.87. The summed E-state index contributed by atoms with van der Waals surface area (Å²) in [6, 6.07) is 14.9. The van der Waals surface area contributed by atoms with Gasteiger partial charge in [0, 0.05) is 36.6 Å². The molecule has 3 aromatic rings. The number of aromatic nitrogens is 1. The van der Waals surface area contributed by atoms with E-state index >= 15 is 0 Å². The van der Waals surface area contributed by atoms with Crippen molar-refractivity contribution in [1.29, 1.82) is 0 Å². The van der Waals surface area contributed by atoms with Crippen LogP contribution in [0.2, 0.25) is 0 Å². The summed E-state index contributed by atoms with van der Waals surface area (Å²) >= 11 is 0. The van der Waals surface area contributed by atoms with E-state index in [2.05, 4.69) is 35.0 Å². The highest BCUT2D eigenvalue weighted by atomic mass is 19.1. The van der Waals surface area contributed by atoms with Crippen molar-refractivity contribution in [3.05, 3.63) is 71.2 Å². The zero-order valence-corrected chi connectivity index (χ0v) is 14.0. The highest BCUT2D eigenvalue weighted by Crippen LogP contribution is 2.19. The molecule has 0 aliphatic rings. The maximum absolute atomic E-state index is 13.5. The van der Waals surface area contributed by atoms with E-state index in [1.165, 1.54) is 22.7 Å². The number of rotatable bonds is 5. The summed E-state index contributed by atoms with van der Waals surface area (Å²) in [6.45, 7) is 2.56. The summed E-state index contributed by atoms with van der Waals surface area (Å²) in [5.74, 6) is -0.321. The lowest BCUT2D eigenvalue weighted by Crippen LogP contribution is -2.23. The Kier molecular flexibility index (Phi) is 4.65. The van der Waals surface area contributed by atoms with E-state index < -0.39 is 0 Å². The van der Waals surface area contributed by atoms with Gasteiger partial charge in [-0.3, -0.25) is 4.79 Å². The molecule has 0 unspecified atom stereocenters. The number of nitrogens with one attached hydrogen (secondary N) is 1. The maximum Gasteiger partial charge on any atom is 0.220 e. The molecule has 0 aliphatic carbocycles. The molecule has 0 aliphatic heterocycles. The summed E-state index contributed by atoms with van der Waals surface area (Å²) < 4.78 is 15.7. The second-order valence-corrected chi connectivity index (χ2v) is 6.11. The number of nitrogens with zero attached hydrogens (tertiary/aromatic N) is 1. The van der Waals surface area contributed by atoms with E-state index in [0.29, 0.717) is 18.5 Å². The van der Waals surface area contributed by atoms with Crippen LogP contribution in [0.5, 0.6) is 0 Å². The average Bonchev–Trinajstić information content (AvgIpc) is 2.86. The molecule has 0 spiro atoms. The predicted molar refractivity (Wildman–Crippen MR) is 94.2 cm³/mol. The van der Waals surface area contributed by atoms with Gasteiger partial charge in [-0.25, -0.2) is 4.39 Å². The number of halogens is 1. The Balaban J connectivity index is 1.57. The Bertz CT molecular complexity index is 882. The molecule has 1 heterocycles. The Morgan fingerprint density at radius 3 is 2.75 bits per heavy atom. The van der Waals surface area contributed by atoms with Gasteiger partial charge in [0.05, 0.1) is 0 Å². The zero-order chi connectivity index (χ0) is 17.1. The summed E-state index contributed by atoms with van der Waals surface area (Å²) in [4.78, 5) is 12.0. The smallest absolute Gasteiger partial charge is 0.220 e. The van der Waals surface area contributed by atoms with Crippen LogP contribution in [0.25, 0.3) is 10.9 Å². The second-order valence-electron chi connectivity index (χ2n) is 6.11. The zero-order valence-electron chi connectivity index (χ0n) is 14.0. The fourth-order valence-corrected chi connectivity index (χ4v) is 2.89. The molecule has 3 nitrogen and oxygen atoms in total. The first-order valence-corrected chi connectivity index (χ1v) is 8.09. The Hall–Kier alpha value is -2.62. The largest absolute Gasteiger partial charge is 0.352 e. The van der Waals surface area contributed by atoms with Crippen LogP contribution in [-0.4, -0.2) is 10.5 Å². The number of carbonyl (C=O) groups excluding carboxylic acids is 1. The van der Waals surface area contributed by atoms with Crippen molar-refractivity contribution in [2.75, 3.05) is 0 Å². The molecule has 124 valence electrons. The number of carbonyl (C=O) groups is 1. The molecule has 0 saturated carbocycles. The number of fused-ring (bicyclic) bond motifs is 1. The molecule has 0 saturated heterocycles. The number of benzene rings is 2. The molecular formula is C20H21FN2O. The lowest BCUT2D eigenvalue weighted by atomic mass is 10.1. The minimum Gasteiger partial charge on any atom is -0.352 e. The highest BCUT2D eigenvalue weighted by Gasteiger charge is 2.07. The maximum atomic E-state index is 13.5. The Morgan fingerprint density at radius 1 is 1.17 bits per heavy atom. The van der Waals surface area contributed by atoms with E-state index in [1.54, 1.807) is 18.2 Å². The summed E-state index contributed by atoms with van der Waals surface area (Å²) in [7, 11) is 2.04. The van der Waals surface area contributed by atoms with Gasteiger partial charge < -0.3 is 9.88 Å². The van der Waals surface area contributed by atoms with Crippen molar-refractivity contribution in [3.63, 3.8) is 0 Å². The predicted octanol–water partition coefficient (Wildman–Crippen LogP) is 3.87. The van der Waals surface area contributed by atoms with Crippen LogP contribution in [-0.2, 0) is 24.8 Å². The van der Waals surface area contributed by atoms with Crippen molar-refractivity contribution in [2.45, 2.75) is 26.3 Å². The van der Waals surface area contributed by atoms with Gasteiger partial charge in [0.15, 0.2) is 0 Å². The molecule has 2 aromatic carbocycles. The number of hydrogen-bond donors (Lipinski definition) is 1. The van der Waals surface area contributed by atoms with Crippen LogP contribution >= 0.6 is 0 Å². The van der Waals surface area contributed by atoms with Gasteiger partial charge in [0.25, 0.3) is 0 Å². The molecular weight excluding hydrogens is 303 g/mol. The fraction of sp³-hybridized carbons (Fsp3) is 0.250. The molecule has 3 rings (SSSR count). The van der Waals surface area contributed by atoms with Crippen LogP contribution in [0.3, 0.4) is 0 Å². The first-order chi connectivity index (χ1) is 11.5. The van der Waals surface area contributed by atoms with Crippen molar-refractivity contribution in [3.8, 4) is 0 Å². The summed E-state index contributed by atoms with van der Waals surface area (Å²) in [6.07, 6.45) is 0.697. The van der Waals surface area contributed by atoms with Gasteiger partial charge in [0.1, 0.15) is 5.82 Å². The molecule has 24 heavy (non-hydrogen) atoms. The fourth-order valence-electron chi connectivity index (χ4n) is 2.89. The van der Waals surface area contributed by atoms with Gasteiger partial charge in [0.2, 0.25) is 5.91 Å². The van der Waals surface area contributed by atoms with E-state index in [4.69, 9.17) is 0 Å². The monoisotopic (exact) mass is 324 g/mol. The lowest BCUT2D eigenvalue weighted by molar-refractivity contribution is -0.121. The molecule has 0 fully saturated rings. The van der Waals surface area contributed by atoms with Crippen LogP contribution in [0, 0.1) is 12.7 Å². The molecule has 0 radical (unpaired) electrons. The number of amides is 1. The summed E-state index contributed by atoms with van der Waals surface area (Å²) in [5.41, 5.74) is 4.03. The first-order valence-electron chi connectivity index (χ1n) is 8.09. The third-order valence-corrected chi connectivity index (χ3v) is 4.42. The van der Waals surface area contributed by atoms with Crippen LogP contribution in [0.15, 0.2) is 48.5 Å². The van der Waals surface area contributed by atoms with E-state index in [-0.39, 0.29) is 18.1 Å². The first kappa shape index (κ1) is 16.2. The molecule has 0 bridgehead atoms. The van der Waals surface area contributed by atoms with Crippen LogP contribution in [0.1, 0.15) is 23.2 Å².